The normalized spacial score (nSPS) is 19.7. The molecule has 1 N–H and O–H groups in total. The summed E-state index contributed by atoms with van der Waals surface area (Å²) in [5, 5.41) is 11.7. The summed E-state index contributed by atoms with van der Waals surface area (Å²) in [5.74, 6) is -0.445. The molecule has 0 saturated carbocycles. The van der Waals surface area contributed by atoms with E-state index in [1.807, 2.05) is 0 Å². The molecule has 31 heavy (non-hydrogen) atoms. The topological polar surface area (TPSA) is 76.1 Å². The minimum absolute atomic E-state index is 0.0699. The fourth-order valence-electron chi connectivity index (χ4n) is 3.98. The zero-order valence-corrected chi connectivity index (χ0v) is 18.0. The van der Waals surface area contributed by atoms with Gasteiger partial charge < -0.3 is 19.5 Å². The first-order valence-corrected chi connectivity index (χ1v) is 10.8. The van der Waals surface area contributed by atoms with Gasteiger partial charge in [0.25, 0.3) is 11.7 Å². The van der Waals surface area contributed by atoms with E-state index in [9.17, 15) is 14.7 Å². The molecule has 1 saturated heterocycles. The Morgan fingerprint density at radius 3 is 2.48 bits per heavy atom. The number of carbonyl (C=O) groups is 2. The Bertz CT molecular complexity index is 1030. The molecule has 162 valence electrons. The highest BCUT2D eigenvalue weighted by molar-refractivity contribution is 6.46. The van der Waals surface area contributed by atoms with Crippen LogP contribution in [0.4, 0.5) is 0 Å². The Balaban J connectivity index is 1.79. The smallest absolute Gasteiger partial charge is 0.295 e. The average molecular weight is 442 g/mol. The summed E-state index contributed by atoms with van der Waals surface area (Å²) in [6.45, 7) is 3.37. The highest BCUT2D eigenvalue weighted by Gasteiger charge is 2.45. The molecule has 0 radical (unpaired) electrons. The van der Waals surface area contributed by atoms with E-state index in [4.69, 9.17) is 21.1 Å². The van der Waals surface area contributed by atoms with Crippen LogP contribution in [0.25, 0.3) is 5.76 Å². The van der Waals surface area contributed by atoms with Gasteiger partial charge in [-0.15, -0.1) is 0 Å². The van der Waals surface area contributed by atoms with Gasteiger partial charge in [0, 0.05) is 17.1 Å². The highest BCUT2D eigenvalue weighted by atomic mass is 35.5. The molecule has 7 heteroatoms. The van der Waals surface area contributed by atoms with E-state index < -0.39 is 17.7 Å². The lowest BCUT2D eigenvalue weighted by atomic mass is 9.95. The van der Waals surface area contributed by atoms with Gasteiger partial charge in [-0.2, -0.15) is 0 Å². The molecule has 2 aromatic rings. The largest absolute Gasteiger partial charge is 0.507 e. The van der Waals surface area contributed by atoms with E-state index in [-0.39, 0.29) is 11.3 Å². The second kappa shape index (κ2) is 9.02. The van der Waals surface area contributed by atoms with Crippen LogP contribution in [-0.4, -0.2) is 41.5 Å². The van der Waals surface area contributed by atoms with Gasteiger partial charge in [-0.1, -0.05) is 43.5 Å². The van der Waals surface area contributed by atoms with Crippen LogP contribution in [0.15, 0.2) is 48.0 Å². The molecule has 0 aromatic heterocycles. The first-order chi connectivity index (χ1) is 15.0. The second-order valence-electron chi connectivity index (χ2n) is 7.61. The van der Waals surface area contributed by atoms with Crippen molar-refractivity contribution in [1.29, 1.82) is 0 Å². The predicted octanol–water partition coefficient (Wildman–Crippen LogP) is 4.72. The molecule has 1 unspecified atom stereocenters. The van der Waals surface area contributed by atoms with Gasteiger partial charge >= 0.3 is 0 Å². The van der Waals surface area contributed by atoms with Crippen molar-refractivity contribution < 1.29 is 24.2 Å². The van der Waals surface area contributed by atoms with Gasteiger partial charge in [0.1, 0.15) is 19.0 Å². The van der Waals surface area contributed by atoms with Crippen LogP contribution < -0.4 is 9.47 Å². The number of hydrogen-bond acceptors (Lipinski definition) is 5. The summed E-state index contributed by atoms with van der Waals surface area (Å²) < 4.78 is 11.1. The van der Waals surface area contributed by atoms with Gasteiger partial charge in [0.15, 0.2) is 11.5 Å². The fraction of sp³-hybridized carbons (Fsp3) is 0.333. The number of likely N-dealkylation sites (tertiary alicyclic amines) is 1. The molecule has 0 bridgehead atoms. The van der Waals surface area contributed by atoms with Gasteiger partial charge in [0.2, 0.25) is 0 Å². The van der Waals surface area contributed by atoms with E-state index in [1.165, 1.54) is 0 Å². The molecule has 1 fully saturated rings. The maximum atomic E-state index is 13.0. The predicted molar refractivity (Wildman–Crippen MR) is 117 cm³/mol. The van der Waals surface area contributed by atoms with Crippen LogP contribution in [0.2, 0.25) is 5.02 Å². The van der Waals surface area contributed by atoms with E-state index >= 15 is 0 Å². The van der Waals surface area contributed by atoms with Crippen molar-refractivity contribution in [3.8, 4) is 11.5 Å². The Morgan fingerprint density at radius 2 is 1.77 bits per heavy atom. The number of fused-ring (bicyclic) bond motifs is 1. The fourth-order valence-corrected chi connectivity index (χ4v) is 4.11. The number of aliphatic hydroxyl groups excluding tert-OH is 1. The molecular weight excluding hydrogens is 418 g/mol. The van der Waals surface area contributed by atoms with Crippen LogP contribution in [0.5, 0.6) is 11.5 Å². The summed E-state index contributed by atoms with van der Waals surface area (Å²) in [6.07, 6.45) is 2.71. The molecule has 2 aliphatic heterocycles. The molecule has 2 aliphatic rings. The van der Waals surface area contributed by atoms with Crippen LogP contribution in [-0.2, 0) is 9.59 Å². The number of halogens is 1. The number of ether oxygens (including phenoxy) is 2. The first-order valence-electron chi connectivity index (χ1n) is 10.4. The van der Waals surface area contributed by atoms with Gasteiger partial charge in [-0.25, -0.2) is 0 Å². The Morgan fingerprint density at radius 1 is 1.06 bits per heavy atom. The lowest BCUT2D eigenvalue weighted by molar-refractivity contribution is -0.139. The maximum Gasteiger partial charge on any atom is 0.295 e. The van der Waals surface area contributed by atoms with Crippen LogP contribution in [0.3, 0.4) is 0 Å². The minimum atomic E-state index is -0.691. The number of ketones is 1. The maximum absolute atomic E-state index is 13.0. The Labute approximate surface area is 186 Å². The quantitative estimate of drug-likeness (QED) is 0.304. The molecule has 2 heterocycles. The number of hydrogen-bond donors (Lipinski definition) is 1. The average Bonchev–Trinajstić information content (AvgIpc) is 3.04. The molecule has 6 nitrogen and oxygen atoms in total. The summed E-state index contributed by atoms with van der Waals surface area (Å²) >= 11 is 6.04. The highest BCUT2D eigenvalue weighted by Crippen LogP contribution is 2.41. The zero-order chi connectivity index (χ0) is 22.0. The van der Waals surface area contributed by atoms with E-state index in [0.717, 1.165) is 24.8 Å². The number of nitrogens with zero attached hydrogens (tertiary/aromatic N) is 1. The molecule has 2 aromatic carbocycles. The third kappa shape index (κ3) is 4.12. The Kier molecular flexibility index (Phi) is 6.18. The zero-order valence-electron chi connectivity index (χ0n) is 17.3. The van der Waals surface area contributed by atoms with Crippen molar-refractivity contribution in [1.82, 2.24) is 4.90 Å². The van der Waals surface area contributed by atoms with Gasteiger partial charge in [-0.05, 0) is 42.3 Å². The number of aliphatic hydroxyl groups is 1. The molecule has 1 atom stereocenters. The number of Topliss-reactive ketones (excluding diaryl/α,β-unsaturated/α-hetero) is 1. The standard InChI is InChI=1S/C24H24ClNO5/c1-2-3-4-11-26-21(15-5-8-17(25)9-6-15)20(23(28)24(26)29)22(27)16-7-10-18-19(14-16)31-13-12-30-18/h5-10,14,21,27H,2-4,11-13H2,1H3/b22-20-. The van der Waals surface area contributed by atoms with Crippen LogP contribution >= 0.6 is 11.6 Å². The lowest BCUT2D eigenvalue weighted by Crippen LogP contribution is -2.30. The molecule has 4 rings (SSSR count). The SMILES string of the molecule is CCCCCN1C(=O)C(=O)/C(=C(\O)c2ccc3c(c2)OCCO3)C1c1ccc(Cl)cc1. The molecule has 1 amide bonds. The second-order valence-corrected chi connectivity index (χ2v) is 8.05. The molecular formula is C24H24ClNO5. The monoisotopic (exact) mass is 441 g/mol. The lowest BCUT2D eigenvalue weighted by Gasteiger charge is -2.25. The number of carbonyl (C=O) groups excluding carboxylic acids is 2. The summed E-state index contributed by atoms with van der Waals surface area (Å²) in [5.41, 5.74) is 1.19. The number of rotatable bonds is 6. The van der Waals surface area contributed by atoms with Crippen molar-refractivity contribution in [3.63, 3.8) is 0 Å². The van der Waals surface area contributed by atoms with E-state index in [1.54, 1.807) is 47.4 Å². The molecule has 0 spiro atoms. The minimum Gasteiger partial charge on any atom is -0.507 e. The van der Waals surface area contributed by atoms with Crippen molar-refractivity contribution in [2.75, 3.05) is 19.8 Å². The van der Waals surface area contributed by atoms with E-state index in [2.05, 4.69) is 6.92 Å². The third-order valence-corrected chi connectivity index (χ3v) is 5.80. The van der Waals surface area contributed by atoms with Crippen molar-refractivity contribution in [2.45, 2.75) is 32.2 Å². The number of amides is 1. The third-order valence-electron chi connectivity index (χ3n) is 5.54. The number of unbranched alkanes of at least 4 members (excludes halogenated alkanes) is 2. The van der Waals surface area contributed by atoms with Crippen molar-refractivity contribution >= 4 is 29.1 Å². The summed E-state index contributed by atoms with van der Waals surface area (Å²) in [7, 11) is 0. The summed E-state index contributed by atoms with van der Waals surface area (Å²) in [6, 6.07) is 11.3. The molecule has 0 aliphatic carbocycles. The van der Waals surface area contributed by atoms with Crippen molar-refractivity contribution in [2.24, 2.45) is 0 Å². The van der Waals surface area contributed by atoms with Crippen molar-refractivity contribution in [3.05, 3.63) is 64.2 Å². The number of benzene rings is 2. The van der Waals surface area contributed by atoms with Crippen LogP contribution in [0.1, 0.15) is 43.4 Å². The van der Waals surface area contributed by atoms with Gasteiger partial charge in [-0.3, -0.25) is 9.59 Å². The Hall–Kier alpha value is -2.99. The van der Waals surface area contributed by atoms with E-state index in [0.29, 0.717) is 41.8 Å². The van der Waals surface area contributed by atoms with Gasteiger partial charge in [0.05, 0.1) is 11.6 Å². The first kappa shape index (κ1) is 21.2. The van der Waals surface area contributed by atoms with Crippen LogP contribution in [0, 0.1) is 0 Å². The summed E-state index contributed by atoms with van der Waals surface area (Å²) in [4.78, 5) is 27.4.